The lowest BCUT2D eigenvalue weighted by atomic mass is 10.0. The highest BCUT2D eigenvalue weighted by Crippen LogP contribution is 2.31. The first kappa shape index (κ1) is 24.7. The van der Waals surface area contributed by atoms with Crippen LogP contribution in [-0.2, 0) is 10.0 Å². The van der Waals surface area contributed by atoms with Gasteiger partial charge < -0.3 is 10.1 Å². The lowest BCUT2D eigenvalue weighted by Gasteiger charge is -2.29. The Morgan fingerprint density at radius 3 is 2.31 bits per heavy atom. The number of nitrogens with zero attached hydrogens (tertiary/aromatic N) is 1. The smallest absolute Gasteiger partial charge is 0.261 e. The molecule has 4 rings (SSSR count). The molecule has 0 spiro atoms. The van der Waals surface area contributed by atoms with Gasteiger partial charge in [-0.25, -0.2) is 12.8 Å². The maximum Gasteiger partial charge on any atom is 0.261 e. The van der Waals surface area contributed by atoms with Crippen LogP contribution in [-0.4, -0.2) is 46.0 Å². The molecule has 184 valence electrons. The predicted molar refractivity (Wildman–Crippen MR) is 133 cm³/mol. The van der Waals surface area contributed by atoms with Gasteiger partial charge in [0.05, 0.1) is 18.0 Å². The minimum Gasteiger partial charge on any atom is -0.496 e. The number of ether oxygens (including phenoxy) is 1. The molecule has 9 heteroatoms. The summed E-state index contributed by atoms with van der Waals surface area (Å²) in [6.45, 7) is 2.30. The molecule has 0 bridgehead atoms. The van der Waals surface area contributed by atoms with Crippen LogP contribution in [0.15, 0.2) is 77.7 Å². The number of nitrogens with one attached hydrogen (secondary N) is 2. The molecule has 3 aromatic rings. The first-order chi connectivity index (χ1) is 16.9. The molecule has 1 aliphatic heterocycles. The van der Waals surface area contributed by atoms with Gasteiger partial charge in [-0.05, 0) is 80.5 Å². The monoisotopic (exact) mass is 497 g/mol. The average Bonchev–Trinajstić information content (AvgIpc) is 3.40. The maximum absolute atomic E-state index is 13.1. The summed E-state index contributed by atoms with van der Waals surface area (Å²) in [4.78, 5) is 15.2. The normalized spacial score (nSPS) is 14.9. The van der Waals surface area contributed by atoms with Crippen LogP contribution in [0.25, 0.3) is 0 Å². The number of anilines is 1. The highest BCUT2D eigenvalue weighted by Gasteiger charge is 2.26. The van der Waals surface area contributed by atoms with Crippen molar-refractivity contribution in [2.45, 2.75) is 23.8 Å². The zero-order valence-corrected chi connectivity index (χ0v) is 20.2. The molecule has 2 N–H and O–H groups in total. The molecule has 1 unspecified atom stereocenters. The predicted octanol–water partition coefficient (Wildman–Crippen LogP) is 4.20. The summed E-state index contributed by atoms with van der Waals surface area (Å²) >= 11 is 0. The van der Waals surface area contributed by atoms with Crippen LogP contribution in [0.3, 0.4) is 0 Å². The Labute approximate surface area is 205 Å². The van der Waals surface area contributed by atoms with Crippen molar-refractivity contribution in [3.63, 3.8) is 0 Å². The van der Waals surface area contributed by atoms with E-state index in [0.717, 1.165) is 37.2 Å². The number of hydrogen-bond donors (Lipinski definition) is 2. The zero-order chi connectivity index (χ0) is 24.8. The lowest BCUT2D eigenvalue weighted by Crippen LogP contribution is -2.37. The van der Waals surface area contributed by atoms with E-state index in [2.05, 4.69) is 14.9 Å². The molecule has 0 aliphatic carbocycles. The summed E-state index contributed by atoms with van der Waals surface area (Å²) in [5.74, 6) is 0.0300. The van der Waals surface area contributed by atoms with Crippen LogP contribution >= 0.6 is 0 Å². The van der Waals surface area contributed by atoms with Crippen LogP contribution in [0.2, 0.25) is 0 Å². The van der Waals surface area contributed by atoms with Gasteiger partial charge >= 0.3 is 0 Å². The van der Waals surface area contributed by atoms with E-state index in [1.165, 1.54) is 48.5 Å². The summed E-state index contributed by atoms with van der Waals surface area (Å²) in [5, 5.41) is 2.99. The number of methoxy groups -OCH3 is 1. The number of amides is 1. The Morgan fingerprint density at radius 2 is 1.66 bits per heavy atom. The second kappa shape index (κ2) is 10.9. The fourth-order valence-electron chi connectivity index (χ4n) is 4.24. The van der Waals surface area contributed by atoms with Gasteiger partial charge in [0.1, 0.15) is 11.6 Å². The van der Waals surface area contributed by atoms with E-state index in [0.29, 0.717) is 12.1 Å². The number of benzene rings is 3. The molecule has 7 nitrogen and oxygen atoms in total. The molecule has 1 saturated heterocycles. The summed E-state index contributed by atoms with van der Waals surface area (Å²) in [7, 11) is -2.24. The number of para-hydroxylation sites is 1. The Balaban J connectivity index is 1.44. The summed E-state index contributed by atoms with van der Waals surface area (Å²) in [6, 6.07) is 18.5. The number of carbonyl (C=O) groups excluding carboxylic acids is 1. The van der Waals surface area contributed by atoms with Gasteiger partial charge in [-0.1, -0.05) is 18.2 Å². The van der Waals surface area contributed by atoms with E-state index in [9.17, 15) is 17.6 Å². The minimum absolute atomic E-state index is 0.00217. The molecule has 1 fully saturated rings. The van der Waals surface area contributed by atoms with Crippen molar-refractivity contribution in [3.05, 3.63) is 89.7 Å². The third kappa shape index (κ3) is 5.98. The van der Waals surface area contributed by atoms with E-state index in [1.54, 1.807) is 7.11 Å². The van der Waals surface area contributed by atoms with Crippen molar-refractivity contribution >= 4 is 21.6 Å². The van der Waals surface area contributed by atoms with Gasteiger partial charge in [0.15, 0.2) is 0 Å². The van der Waals surface area contributed by atoms with E-state index in [-0.39, 0.29) is 22.5 Å². The molecule has 1 atom stereocenters. The summed E-state index contributed by atoms with van der Waals surface area (Å²) < 4.78 is 46.3. The maximum atomic E-state index is 13.1. The molecule has 3 aromatic carbocycles. The Hall–Kier alpha value is -3.43. The molecule has 1 amide bonds. The van der Waals surface area contributed by atoms with Gasteiger partial charge in [-0.15, -0.1) is 0 Å². The molecule has 0 radical (unpaired) electrons. The Kier molecular flexibility index (Phi) is 7.67. The highest BCUT2D eigenvalue weighted by atomic mass is 32.2. The van der Waals surface area contributed by atoms with Crippen molar-refractivity contribution in [1.29, 1.82) is 0 Å². The standard InChI is InChI=1S/C26H28FN3O4S/c1-34-25-7-3-2-6-23(25)24(30-16-4-5-17-30)18-28-26(31)19-8-14-22(15-9-19)35(32,33)29-21-12-10-20(27)11-13-21/h2-3,6-15,24,29H,4-5,16-18H2,1H3,(H,28,31). The third-order valence-electron chi connectivity index (χ3n) is 6.06. The van der Waals surface area contributed by atoms with Gasteiger partial charge in [-0.3, -0.25) is 14.4 Å². The number of sulfonamides is 1. The molecular formula is C26H28FN3O4S. The number of carbonyl (C=O) groups is 1. The van der Waals surface area contributed by atoms with Crippen LogP contribution in [0, 0.1) is 5.82 Å². The Morgan fingerprint density at radius 1 is 1.00 bits per heavy atom. The topological polar surface area (TPSA) is 87.7 Å². The average molecular weight is 498 g/mol. The number of likely N-dealkylation sites (tertiary alicyclic amines) is 1. The molecule has 1 heterocycles. The molecule has 0 aromatic heterocycles. The fraction of sp³-hybridized carbons (Fsp3) is 0.269. The molecule has 35 heavy (non-hydrogen) atoms. The largest absolute Gasteiger partial charge is 0.496 e. The molecule has 0 saturated carbocycles. The second-order valence-corrected chi connectivity index (χ2v) is 10.0. The van der Waals surface area contributed by atoms with Crippen molar-refractivity contribution in [1.82, 2.24) is 10.2 Å². The van der Waals surface area contributed by atoms with Crippen LogP contribution < -0.4 is 14.8 Å². The second-order valence-electron chi connectivity index (χ2n) is 8.35. The molecular weight excluding hydrogens is 469 g/mol. The number of rotatable bonds is 9. The third-order valence-corrected chi connectivity index (χ3v) is 7.46. The van der Waals surface area contributed by atoms with Crippen LogP contribution in [0.5, 0.6) is 5.75 Å². The van der Waals surface area contributed by atoms with Gasteiger partial charge in [0.2, 0.25) is 0 Å². The Bertz CT molecular complexity index is 1260. The van der Waals surface area contributed by atoms with Crippen molar-refractivity contribution in [3.8, 4) is 5.75 Å². The minimum atomic E-state index is -3.87. The van der Waals surface area contributed by atoms with E-state index < -0.39 is 15.8 Å². The highest BCUT2D eigenvalue weighted by molar-refractivity contribution is 7.92. The van der Waals surface area contributed by atoms with Gasteiger partial charge in [-0.2, -0.15) is 0 Å². The number of halogens is 1. The summed E-state index contributed by atoms with van der Waals surface area (Å²) in [5.41, 5.74) is 1.62. The fourth-order valence-corrected chi connectivity index (χ4v) is 5.30. The number of hydrogen-bond acceptors (Lipinski definition) is 5. The van der Waals surface area contributed by atoms with Gasteiger partial charge in [0.25, 0.3) is 15.9 Å². The quantitative estimate of drug-likeness (QED) is 0.463. The van der Waals surface area contributed by atoms with Gasteiger partial charge in [0, 0.05) is 23.4 Å². The van der Waals surface area contributed by atoms with Crippen molar-refractivity contribution in [2.75, 3.05) is 31.5 Å². The first-order valence-electron chi connectivity index (χ1n) is 11.4. The lowest BCUT2D eigenvalue weighted by molar-refractivity contribution is 0.0937. The SMILES string of the molecule is COc1ccccc1C(CNC(=O)c1ccc(S(=O)(=O)Nc2ccc(F)cc2)cc1)N1CCCC1. The molecule has 1 aliphatic rings. The van der Waals surface area contributed by atoms with E-state index in [4.69, 9.17) is 4.74 Å². The van der Waals surface area contributed by atoms with Crippen molar-refractivity contribution in [2.24, 2.45) is 0 Å². The van der Waals surface area contributed by atoms with E-state index in [1.807, 2.05) is 24.3 Å². The van der Waals surface area contributed by atoms with Crippen LogP contribution in [0.4, 0.5) is 10.1 Å². The zero-order valence-electron chi connectivity index (χ0n) is 19.4. The summed E-state index contributed by atoms with van der Waals surface area (Å²) in [6.07, 6.45) is 2.23. The van der Waals surface area contributed by atoms with Crippen molar-refractivity contribution < 1.29 is 22.3 Å². The van der Waals surface area contributed by atoms with Crippen LogP contribution in [0.1, 0.15) is 34.8 Å². The first-order valence-corrected chi connectivity index (χ1v) is 12.9. The van der Waals surface area contributed by atoms with E-state index >= 15 is 0 Å².